The molecule has 30 heavy (non-hydrogen) atoms. The Morgan fingerprint density at radius 3 is 2.43 bits per heavy atom. The van der Waals surface area contributed by atoms with E-state index in [1.807, 2.05) is 18.2 Å². The fourth-order valence-electron chi connectivity index (χ4n) is 3.49. The molecule has 2 N–H and O–H groups in total. The highest BCUT2D eigenvalue weighted by molar-refractivity contribution is 5.97. The molecule has 0 saturated carbocycles. The molecule has 2 amide bonds. The Morgan fingerprint density at radius 1 is 0.967 bits per heavy atom. The number of benzene rings is 3. The maximum absolute atomic E-state index is 13.6. The van der Waals surface area contributed by atoms with Gasteiger partial charge in [-0.3, -0.25) is 9.59 Å². The molecule has 152 valence electrons. The lowest BCUT2D eigenvalue weighted by atomic mass is 9.99. The van der Waals surface area contributed by atoms with Crippen LogP contribution in [-0.2, 0) is 22.7 Å². The van der Waals surface area contributed by atoms with Crippen molar-refractivity contribution >= 4 is 17.5 Å². The van der Waals surface area contributed by atoms with Gasteiger partial charge in [-0.2, -0.15) is 0 Å². The van der Waals surface area contributed by atoms with Gasteiger partial charge in [0.15, 0.2) is 0 Å². The van der Waals surface area contributed by atoms with E-state index in [9.17, 15) is 18.4 Å². The maximum atomic E-state index is 13.6. The van der Waals surface area contributed by atoms with Gasteiger partial charge in [0.05, 0.1) is 18.8 Å². The quantitative estimate of drug-likeness (QED) is 0.714. The Morgan fingerprint density at radius 2 is 1.70 bits per heavy atom. The van der Waals surface area contributed by atoms with Crippen molar-refractivity contribution in [2.75, 3.05) is 11.5 Å². The number of halogens is 2. The summed E-state index contributed by atoms with van der Waals surface area (Å²) in [5.74, 6) is -2.27. The molecule has 0 radical (unpaired) electrons. The number of rotatable bonds is 4. The molecule has 1 aliphatic heterocycles. The van der Waals surface area contributed by atoms with E-state index in [1.165, 1.54) is 17.0 Å². The van der Waals surface area contributed by atoms with Crippen molar-refractivity contribution in [1.82, 2.24) is 0 Å². The third-order valence-electron chi connectivity index (χ3n) is 4.90. The molecule has 0 fully saturated rings. The van der Waals surface area contributed by atoms with Gasteiger partial charge in [-0.1, -0.05) is 24.3 Å². The summed E-state index contributed by atoms with van der Waals surface area (Å²) in [4.78, 5) is 25.7. The second kappa shape index (κ2) is 8.04. The number of nitrogens with two attached hydrogens (primary N) is 1. The number of ether oxygens (including phenoxy) is 1. The molecule has 3 aromatic carbocycles. The number of fused-ring (bicyclic) bond motifs is 1. The van der Waals surface area contributed by atoms with Gasteiger partial charge in [0.25, 0.3) is 5.91 Å². The molecule has 0 atom stereocenters. The number of hydrogen-bond acceptors (Lipinski definition) is 3. The Kier molecular flexibility index (Phi) is 5.29. The van der Waals surface area contributed by atoms with Crippen molar-refractivity contribution < 1.29 is 23.1 Å². The average Bonchev–Trinajstić information content (AvgIpc) is 2.86. The minimum absolute atomic E-state index is 0.00531. The smallest absolute Gasteiger partial charge is 0.253 e. The molecular formula is C23H18F2N2O3. The van der Waals surface area contributed by atoms with Gasteiger partial charge in [0.2, 0.25) is 5.91 Å². The Balaban J connectivity index is 1.77. The minimum Gasteiger partial charge on any atom is -0.367 e. The van der Waals surface area contributed by atoms with Crippen LogP contribution in [-0.4, -0.2) is 18.4 Å². The number of amides is 2. The number of primary amides is 1. The summed E-state index contributed by atoms with van der Waals surface area (Å²) in [6, 6.07) is 15.5. The molecule has 1 aliphatic rings. The van der Waals surface area contributed by atoms with Crippen LogP contribution in [0, 0.1) is 11.6 Å². The number of carbonyl (C=O) groups is 2. The van der Waals surface area contributed by atoms with E-state index in [0.29, 0.717) is 16.8 Å². The van der Waals surface area contributed by atoms with E-state index in [0.717, 1.165) is 22.8 Å². The van der Waals surface area contributed by atoms with Gasteiger partial charge in [0, 0.05) is 17.2 Å². The summed E-state index contributed by atoms with van der Waals surface area (Å²) in [5, 5.41) is 0. The number of anilines is 1. The Labute approximate surface area is 171 Å². The second-order valence-electron chi connectivity index (χ2n) is 7.04. The SMILES string of the molecule is NC(=O)c1cccc(-c2ccc3c(c2)N(Cc2cc(F)cc(F)c2)C(=O)COC3)c1. The van der Waals surface area contributed by atoms with Crippen LogP contribution < -0.4 is 10.6 Å². The van der Waals surface area contributed by atoms with E-state index in [2.05, 4.69) is 0 Å². The van der Waals surface area contributed by atoms with Gasteiger partial charge in [-0.25, -0.2) is 8.78 Å². The fraction of sp³-hybridized carbons (Fsp3) is 0.130. The van der Waals surface area contributed by atoms with Crippen LogP contribution in [0.15, 0.2) is 60.7 Å². The first-order valence-electron chi connectivity index (χ1n) is 9.27. The molecule has 4 rings (SSSR count). The lowest BCUT2D eigenvalue weighted by Gasteiger charge is -2.23. The van der Waals surface area contributed by atoms with Crippen LogP contribution in [0.2, 0.25) is 0 Å². The van der Waals surface area contributed by atoms with Crippen LogP contribution in [0.1, 0.15) is 21.5 Å². The lowest BCUT2D eigenvalue weighted by molar-refractivity contribution is -0.123. The van der Waals surface area contributed by atoms with Gasteiger partial charge >= 0.3 is 0 Å². The van der Waals surface area contributed by atoms with Crippen LogP contribution in [0.3, 0.4) is 0 Å². The zero-order chi connectivity index (χ0) is 21.3. The molecule has 3 aromatic rings. The first kappa shape index (κ1) is 19.7. The van der Waals surface area contributed by atoms with E-state index < -0.39 is 17.5 Å². The third kappa shape index (κ3) is 4.06. The normalized spacial score (nSPS) is 13.7. The van der Waals surface area contributed by atoms with Gasteiger partial charge in [-0.15, -0.1) is 0 Å². The van der Waals surface area contributed by atoms with E-state index >= 15 is 0 Å². The number of carbonyl (C=O) groups excluding carboxylic acids is 2. The largest absolute Gasteiger partial charge is 0.367 e. The van der Waals surface area contributed by atoms with Crippen LogP contribution >= 0.6 is 0 Å². The molecule has 0 aliphatic carbocycles. The summed E-state index contributed by atoms with van der Waals surface area (Å²) < 4.78 is 32.7. The topological polar surface area (TPSA) is 72.6 Å². The van der Waals surface area contributed by atoms with Crippen molar-refractivity contribution in [1.29, 1.82) is 0 Å². The minimum atomic E-state index is -0.708. The molecule has 0 unspecified atom stereocenters. The van der Waals surface area contributed by atoms with Crippen molar-refractivity contribution in [3.8, 4) is 11.1 Å². The van der Waals surface area contributed by atoms with Gasteiger partial charge in [0.1, 0.15) is 18.2 Å². The number of nitrogens with zero attached hydrogens (tertiary/aromatic N) is 1. The summed E-state index contributed by atoms with van der Waals surface area (Å²) >= 11 is 0. The standard InChI is InChI=1S/C23H18F2N2O3/c24-19-6-14(7-20(25)10-19)11-27-21-9-16(4-5-18(21)12-30-13-22(27)28)15-2-1-3-17(8-15)23(26)29/h1-10H,11-13H2,(H2,26,29). The Hall–Kier alpha value is -3.58. The zero-order valence-corrected chi connectivity index (χ0v) is 15.9. The third-order valence-corrected chi connectivity index (χ3v) is 4.90. The van der Waals surface area contributed by atoms with Crippen molar-refractivity contribution in [3.63, 3.8) is 0 Å². The maximum Gasteiger partial charge on any atom is 0.253 e. The van der Waals surface area contributed by atoms with Crippen LogP contribution in [0.5, 0.6) is 0 Å². The highest BCUT2D eigenvalue weighted by atomic mass is 19.1. The van der Waals surface area contributed by atoms with Crippen LogP contribution in [0.25, 0.3) is 11.1 Å². The summed E-state index contributed by atoms with van der Waals surface area (Å²) in [7, 11) is 0. The van der Waals surface area contributed by atoms with Crippen molar-refractivity contribution in [2.45, 2.75) is 13.2 Å². The predicted octanol–water partition coefficient (Wildman–Crippen LogP) is 3.79. The van der Waals surface area contributed by atoms with Gasteiger partial charge < -0.3 is 15.4 Å². The molecule has 0 aromatic heterocycles. The molecule has 0 spiro atoms. The highest BCUT2D eigenvalue weighted by Crippen LogP contribution is 2.32. The first-order valence-corrected chi connectivity index (χ1v) is 9.27. The molecule has 7 heteroatoms. The van der Waals surface area contributed by atoms with Crippen molar-refractivity contribution in [2.24, 2.45) is 5.73 Å². The van der Waals surface area contributed by atoms with E-state index in [1.54, 1.807) is 24.3 Å². The summed E-state index contributed by atoms with van der Waals surface area (Å²) in [6.45, 7) is 0.0876. The van der Waals surface area contributed by atoms with E-state index in [-0.39, 0.29) is 25.7 Å². The lowest BCUT2D eigenvalue weighted by Crippen LogP contribution is -2.32. The average molecular weight is 408 g/mol. The van der Waals surface area contributed by atoms with Gasteiger partial charge in [-0.05, 0) is 47.0 Å². The predicted molar refractivity (Wildman–Crippen MR) is 108 cm³/mol. The molecule has 1 heterocycles. The Bertz CT molecular complexity index is 1130. The molecule has 0 bridgehead atoms. The molecule has 0 saturated heterocycles. The first-order chi connectivity index (χ1) is 14.4. The number of hydrogen-bond donors (Lipinski definition) is 1. The molecule has 5 nitrogen and oxygen atoms in total. The van der Waals surface area contributed by atoms with Crippen molar-refractivity contribution in [3.05, 3.63) is 89.0 Å². The second-order valence-corrected chi connectivity index (χ2v) is 7.04. The van der Waals surface area contributed by atoms with E-state index in [4.69, 9.17) is 10.5 Å². The zero-order valence-electron chi connectivity index (χ0n) is 15.9. The highest BCUT2D eigenvalue weighted by Gasteiger charge is 2.24. The summed E-state index contributed by atoms with van der Waals surface area (Å²) in [6.07, 6.45) is 0. The molecular weight excluding hydrogens is 390 g/mol. The summed E-state index contributed by atoms with van der Waals surface area (Å²) in [5.41, 5.74) is 8.95. The van der Waals surface area contributed by atoms with Crippen LogP contribution in [0.4, 0.5) is 14.5 Å². The monoisotopic (exact) mass is 408 g/mol. The fourth-order valence-corrected chi connectivity index (χ4v) is 3.49.